The van der Waals surface area contributed by atoms with Crippen molar-refractivity contribution in [1.82, 2.24) is 0 Å². The van der Waals surface area contributed by atoms with E-state index in [1.165, 1.54) is 13.2 Å². The quantitative estimate of drug-likeness (QED) is 0.904. The van der Waals surface area contributed by atoms with Gasteiger partial charge in [0.25, 0.3) is 0 Å². The number of hydrogen-bond acceptors (Lipinski definition) is 4. The van der Waals surface area contributed by atoms with E-state index in [4.69, 9.17) is 9.47 Å². The van der Waals surface area contributed by atoms with Crippen LogP contribution < -0.4 is 14.4 Å². The summed E-state index contributed by atoms with van der Waals surface area (Å²) in [6.45, 7) is 5.99. The van der Waals surface area contributed by atoms with Crippen molar-refractivity contribution in [2.75, 3.05) is 32.2 Å². The van der Waals surface area contributed by atoms with Gasteiger partial charge in [-0.2, -0.15) is 0 Å². The molecule has 0 aliphatic carbocycles. The second-order valence-electron chi connectivity index (χ2n) is 5.55. The van der Waals surface area contributed by atoms with Gasteiger partial charge in [-0.15, -0.1) is 0 Å². The van der Waals surface area contributed by atoms with Crippen LogP contribution in [-0.4, -0.2) is 38.4 Å². The van der Waals surface area contributed by atoms with Gasteiger partial charge in [0.1, 0.15) is 0 Å². The monoisotopic (exact) mass is 265 g/mol. The van der Waals surface area contributed by atoms with Crippen LogP contribution in [0.5, 0.6) is 11.5 Å². The highest BCUT2D eigenvalue weighted by Gasteiger charge is 2.36. The number of carboxylic acid groups (broad SMARTS) is 1. The van der Waals surface area contributed by atoms with Crippen molar-refractivity contribution in [1.29, 1.82) is 0 Å². The van der Waals surface area contributed by atoms with E-state index in [0.29, 0.717) is 17.2 Å². The van der Waals surface area contributed by atoms with Crippen molar-refractivity contribution in [3.8, 4) is 11.5 Å². The fourth-order valence-electron chi connectivity index (χ4n) is 2.46. The minimum absolute atomic E-state index is 0.225. The lowest BCUT2D eigenvalue weighted by molar-refractivity contribution is 0.0696. The summed E-state index contributed by atoms with van der Waals surface area (Å²) < 4.78 is 10.4. The van der Waals surface area contributed by atoms with Crippen LogP contribution in [0.3, 0.4) is 0 Å². The summed E-state index contributed by atoms with van der Waals surface area (Å²) in [7, 11) is 3.04. The molecule has 1 aliphatic rings. The number of hydrogen-bond donors (Lipinski definition) is 1. The normalized spacial score (nSPS) is 16.7. The molecule has 0 amide bonds. The molecule has 1 heterocycles. The highest BCUT2D eigenvalue weighted by atomic mass is 16.5. The van der Waals surface area contributed by atoms with Crippen LogP contribution in [-0.2, 0) is 0 Å². The van der Waals surface area contributed by atoms with Crippen molar-refractivity contribution in [2.24, 2.45) is 5.41 Å². The van der Waals surface area contributed by atoms with E-state index < -0.39 is 5.97 Å². The first-order valence-electron chi connectivity index (χ1n) is 6.12. The molecule has 1 fully saturated rings. The minimum Gasteiger partial charge on any atom is -0.493 e. The smallest absolute Gasteiger partial charge is 0.337 e. The SMILES string of the molecule is COc1cc(C(=O)O)c(N2CC(C)(C)C2)cc1OC. The first kappa shape index (κ1) is 13.5. The van der Waals surface area contributed by atoms with Gasteiger partial charge in [-0.3, -0.25) is 0 Å². The highest BCUT2D eigenvalue weighted by Crippen LogP contribution is 2.40. The van der Waals surface area contributed by atoms with Crippen LogP contribution >= 0.6 is 0 Å². The number of carbonyl (C=O) groups is 1. The largest absolute Gasteiger partial charge is 0.493 e. The Hall–Kier alpha value is -1.91. The predicted octanol–water partition coefficient (Wildman–Crippen LogP) is 2.25. The molecule has 1 saturated heterocycles. The molecular formula is C14H19NO4. The Balaban J connectivity index is 2.43. The molecule has 0 bridgehead atoms. The average molecular weight is 265 g/mol. The van der Waals surface area contributed by atoms with Crippen LogP contribution in [0.25, 0.3) is 0 Å². The number of benzene rings is 1. The van der Waals surface area contributed by atoms with Crippen LogP contribution in [0, 0.1) is 5.41 Å². The van der Waals surface area contributed by atoms with E-state index in [1.807, 2.05) is 4.90 Å². The first-order chi connectivity index (χ1) is 8.88. The molecule has 0 unspecified atom stereocenters. The Morgan fingerprint density at radius 2 is 1.74 bits per heavy atom. The molecule has 1 aromatic rings. The van der Waals surface area contributed by atoms with Crippen LogP contribution in [0.1, 0.15) is 24.2 Å². The van der Waals surface area contributed by atoms with Crippen molar-refractivity contribution in [2.45, 2.75) is 13.8 Å². The predicted molar refractivity (Wildman–Crippen MR) is 72.5 cm³/mol. The summed E-state index contributed by atoms with van der Waals surface area (Å²) >= 11 is 0. The third-order valence-corrected chi connectivity index (χ3v) is 3.31. The Morgan fingerprint density at radius 3 is 2.16 bits per heavy atom. The summed E-state index contributed by atoms with van der Waals surface area (Å²) in [5.74, 6) is 0.0244. The third-order valence-electron chi connectivity index (χ3n) is 3.31. The van der Waals surface area contributed by atoms with Crippen LogP contribution in [0.2, 0.25) is 0 Å². The van der Waals surface area contributed by atoms with Crippen molar-refractivity contribution >= 4 is 11.7 Å². The lowest BCUT2D eigenvalue weighted by Crippen LogP contribution is -2.53. The number of methoxy groups -OCH3 is 2. The Kier molecular flexibility index (Phi) is 3.30. The number of nitrogens with zero attached hydrogens (tertiary/aromatic N) is 1. The standard InChI is InChI=1S/C14H19NO4/c1-14(2)7-15(8-14)10-6-12(19-4)11(18-3)5-9(10)13(16)17/h5-6H,7-8H2,1-4H3,(H,16,17). The highest BCUT2D eigenvalue weighted by molar-refractivity contribution is 5.96. The third kappa shape index (κ3) is 2.45. The van der Waals surface area contributed by atoms with Gasteiger partial charge in [-0.1, -0.05) is 13.8 Å². The molecule has 1 aromatic carbocycles. The van der Waals surface area contributed by atoms with E-state index in [2.05, 4.69) is 13.8 Å². The van der Waals surface area contributed by atoms with Gasteiger partial charge < -0.3 is 19.5 Å². The van der Waals surface area contributed by atoms with E-state index in [0.717, 1.165) is 13.1 Å². The molecule has 104 valence electrons. The second kappa shape index (κ2) is 4.64. The summed E-state index contributed by atoms with van der Waals surface area (Å²) in [5, 5.41) is 9.32. The summed E-state index contributed by atoms with van der Waals surface area (Å²) in [6, 6.07) is 3.25. The second-order valence-corrected chi connectivity index (χ2v) is 5.55. The zero-order valence-corrected chi connectivity index (χ0v) is 11.7. The van der Waals surface area contributed by atoms with Crippen molar-refractivity contribution < 1.29 is 19.4 Å². The topological polar surface area (TPSA) is 59.0 Å². The molecule has 19 heavy (non-hydrogen) atoms. The molecule has 0 radical (unpaired) electrons. The molecule has 0 aromatic heterocycles. The van der Waals surface area contributed by atoms with Gasteiger partial charge in [0.05, 0.1) is 25.5 Å². The number of aromatic carboxylic acids is 1. The first-order valence-corrected chi connectivity index (χ1v) is 6.12. The molecule has 2 rings (SSSR count). The zero-order valence-electron chi connectivity index (χ0n) is 11.7. The summed E-state index contributed by atoms with van der Waals surface area (Å²) in [5.41, 5.74) is 1.15. The molecule has 0 saturated carbocycles. The number of ether oxygens (including phenoxy) is 2. The summed E-state index contributed by atoms with van der Waals surface area (Å²) in [6.07, 6.45) is 0. The maximum atomic E-state index is 11.4. The van der Waals surface area contributed by atoms with E-state index in [1.54, 1.807) is 13.2 Å². The molecule has 0 atom stereocenters. The van der Waals surface area contributed by atoms with E-state index >= 15 is 0 Å². The Labute approximate surface area is 112 Å². The zero-order chi connectivity index (χ0) is 14.2. The van der Waals surface area contributed by atoms with Gasteiger partial charge in [0.2, 0.25) is 0 Å². The molecular weight excluding hydrogens is 246 g/mol. The number of anilines is 1. The van der Waals surface area contributed by atoms with Gasteiger partial charge in [-0.05, 0) is 5.41 Å². The van der Waals surface area contributed by atoms with Crippen molar-refractivity contribution in [3.63, 3.8) is 0 Å². The Bertz CT molecular complexity index is 502. The number of carboxylic acids is 1. The Morgan fingerprint density at radius 1 is 1.21 bits per heavy atom. The molecule has 5 nitrogen and oxygen atoms in total. The molecule has 1 aliphatic heterocycles. The fraction of sp³-hybridized carbons (Fsp3) is 0.500. The minimum atomic E-state index is -0.958. The summed E-state index contributed by atoms with van der Waals surface area (Å²) in [4.78, 5) is 13.4. The van der Waals surface area contributed by atoms with Gasteiger partial charge >= 0.3 is 5.97 Å². The van der Waals surface area contributed by atoms with Crippen LogP contribution in [0.15, 0.2) is 12.1 Å². The van der Waals surface area contributed by atoms with Gasteiger partial charge in [0, 0.05) is 25.2 Å². The lowest BCUT2D eigenvalue weighted by atomic mass is 9.83. The average Bonchev–Trinajstić information content (AvgIpc) is 2.33. The molecule has 5 heteroatoms. The lowest BCUT2D eigenvalue weighted by Gasteiger charge is -2.47. The maximum absolute atomic E-state index is 11.4. The molecule has 0 spiro atoms. The molecule has 1 N–H and O–H groups in total. The maximum Gasteiger partial charge on any atom is 0.337 e. The van der Waals surface area contributed by atoms with Crippen molar-refractivity contribution in [3.05, 3.63) is 17.7 Å². The van der Waals surface area contributed by atoms with E-state index in [9.17, 15) is 9.90 Å². The van der Waals surface area contributed by atoms with Gasteiger partial charge in [0.15, 0.2) is 11.5 Å². The van der Waals surface area contributed by atoms with Crippen LogP contribution in [0.4, 0.5) is 5.69 Å². The van der Waals surface area contributed by atoms with E-state index in [-0.39, 0.29) is 11.0 Å². The number of rotatable bonds is 4. The van der Waals surface area contributed by atoms with Gasteiger partial charge in [-0.25, -0.2) is 4.79 Å². The fourth-order valence-corrected chi connectivity index (χ4v) is 2.46.